The van der Waals surface area contributed by atoms with Crippen LogP contribution in [0.1, 0.15) is 19.3 Å². The molecule has 1 aliphatic carbocycles. The van der Waals surface area contributed by atoms with E-state index in [1.54, 1.807) is 0 Å². The van der Waals surface area contributed by atoms with E-state index >= 15 is 0 Å². The van der Waals surface area contributed by atoms with Gasteiger partial charge in [-0.05, 0) is 12.3 Å². The lowest BCUT2D eigenvalue weighted by molar-refractivity contribution is -0.154. The fraction of sp³-hybridized carbons (Fsp3) is 0.800. The zero-order valence-electron chi connectivity index (χ0n) is 7.98. The molecule has 0 aromatic carbocycles. The summed E-state index contributed by atoms with van der Waals surface area (Å²) in [5.74, 6) is -0.861. The highest BCUT2D eigenvalue weighted by atomic mass is 16.7. The van der Waals surface area contributed by atoms with Crippen LogP contribution in [0.25, 0.3) is 0 Å². The Morgan fingerprint density at radius 2 is 1.86 bits per heavy atom. The quantitative estimate of drug-likeness (QED) is 0.490. The second-order valence-electron chi connectivity index (χ2n) is 3.96. The number of rotatable bonds is 3. The Bertz CT molecular complexity index is 224. The van der Waals surface area contributed by atoms with Gasteiger partial charge in [-0.2, -0.15) is 0 Å². The molecule has 0 unspecified atom stereocenters. The number of hydrogen-bond donors (Lipinski definition) is 0. The van der Waals surface area contributed by atoms with Gasteiger partial charge in [0, 0.05) is 12.8 Å². The maximum atomic E-state index is 10.6. The van der Waals surface area contributed by atoms with Crippen molar-refractivity contribution in [3.63, 3.8) is 0 Å². The smallest absolute Gasteiger partial charge is 0.168 e. The second kappa shape index (κ2) is 3.79. The minimum Gasteiger partial charge on any atom is -0.348 e. The molecule has 2 fully saturated rings. The molecular formula is C10H14O4. The maximum absolute atomic E-state index is 10.6. The van der Waals surface area contributed by atoms with Gasteiger partial charge in [-0.15, -0.1) is 0 Å². The Kier molecular flexibility index (Phi) is 2.65. The summed E-state index contributed by atoms with van der Waals surface area (Å²) in [6.07, 6.45) is 3.77. The molecule has 4 heteroatoms. The predicted molar refractivity (Wildman–Crippen MR) is 47.6 cm³/mol. The molecule has 0 radical (unpaired) electrons. The van der Waals surface area contributed by atoms with E-state index < -0.39 is 11.7 Å². The summed E-state index contributed by atoms with van der Waals surface area (Å²) in [7, 11) is 0. The number of aldehydes is 2. The first-order chi connectivity index (χ1) is 6.79. The van der Waals surface area contributed by atoms with Crippen LogP contribution in [-0.4, -0.2) is 31.6 Å². The minimum atomic E-state index is -0.484. The third-order valence-electron chi connectivity index (χ3n) is 3.14. The molecule has 2 aliphatic rings. The van der Waals surface area contributed by atoms with Crippen molar-refractivity contribution in [2.45, 2.75) is 25.0 Å². The molecule has 1 saturated heterocycles. The number of hydrogen-bond acceptors (Lipinski definition) is 4. The molecule has 1 saturated carbocycles. The highest BCUT2D eigenvalue weighted by Gasteiger charge is 2.46. The van der Waals surface area contributed by atoms with Crippen LogP contribution in [0.2, 0.25) is 0 Å². The van der Waals surface area contributed by atoms with Crippen LogP contribution in [0.15, 0.2) is 0 Å². The van der Waals surface area contributed by atoms with Crippen molar-refractivity contribution in [3.8, 4) is 0 Å². The van der Waals surface area contributed by atoms with E-state index in [0.29, 0.717) is 19.6 Å². The standard InChI is InChI=1S/C10H14O4/c11-6-9(7-12)8-1-2-10(5-8)13-3-4-14-10/h6-9H,1-5H2/t8-/m0/s1. The lowest BCUT2D eigenvalue weighted by Crippen LogP contribution is -2.27. The van der Waals surface area contributed by atoms with E-state index in [4.69, 9.17) is 9.47 Å². The molecule has 0 aromatic rings. The topological polar surface area (TPSA) is 52.6 Å². The van der Waals surface area contributed by atoms with Crippen LogP contribution in [0.5, 0.6) is 0 Å². The average Bonchev–Trinajstić information content (AvgIpc) is 2.81. The van der Waals surface area contributed by atoms with Gasteiger partial charge in [0.15, 0.2) is 5.79 Å². The summed E-state index contributed by atoms with van der Waals surface area (Å²) in [6.45, 7) is 1.25. The first-order valence-corrected chi connectivity index (χ1v) is 4.98. The molecule has 4 nitrogen and oxygen atoms in total. The molecule has 0 N–H and O–H groups in total. The summed E-state index contributed by atoms with van der Waals surface area (Å²) in [4.78, 5) is 21.2. The Morgan fingerprint density at radius 3 is 2.43 bits per heavy atom. The van der Waals surface area contributed by atoms with Gasteiger partial charge in [0.25, 0.3) is 0 Å². The van der Waals surface area contributed by atoms with Crippen molar-refractivity contribution < 1.29 is 19.1 Å². The predicted octanol–water partition coefficient (Wildman–Crippen LogP) is 0.544. The van der Waals surface area contributed by atoms with Crippen LogP contribution in [0.4, 0.5) is 0 Å². The summed E-state index contributed by atoms with van der Waals surface area (Å²) >= 11 is 0. The summed E-state index contributed by atoms with van der Waals surface area (Å²) in [6, 6.07) is 0. The molecule has 78 valence electrons. The van der Waals surface area contributed by atoms with Crippen molar-refractivity contribution in [2.75, 3.05) is 13.2 Å². The van der Waals surface area contributed by atoms with E-state index in [2.05, 4.69) is 0 Å². The van der Waals surface area contributed by atoms with Crippen molar-refractivity contribution in [2.24, 2.45) is 11.8 Å². The van der Waals surface area contributed by atoms with Crippen LogP contribution in [0, 0.1) is 11.8 Å². The number of carbonyl (C=O) groups excluding carboxylic acids is 2. The van der Waals surface area contributed by atoms with Crippen molar-refractivity contribution in [3.05, 3.63) is 0 Å². The molecule has 0 aromatic heterocycles. The summed E-state index contributed by atoms with van der Waals surface area (Å²) in [5.41, 5.74) is 0. The first kappa shape index (κ1) is 9.80. The van der Waals surface area contributed by atoms with E-state index in [0.717, 1.165) is 25.4 Å². The monoisotopic (exact) mass is 198 g/mol. The fourth-order valence-corrected chi connectivity index (χ4v) is 2.35. The third-order valence-corrected chi connectivity index (χ3v) is 3.14. The van der Waals surface area contributed by atoms with E-state index in [-0.39, 0.29) is 5.92 Å². The lowest BCUT2D eigenvalue weighted by atomic mass is 9.93. The first-order valence-electron chi connectivity index (χ1n) is 4.98. The van der Waals surface area contributed by atoms with Gasteiger partial charge < -0.3 is 19.1 Å². The number of carbonyl (C=O) groups is 2. The molecule has 1 heterocycles. The van der Waals surface area contributed by atoms with E-state index in [1.165, 1.54) is 0 Å². The molecule has 1 atom stereocenters. The lowest BCUT2D eigenvalue weighted by Gasteiger charge is -2.21. The van der Waals surface area contributed by atoms with Gasteiger partial charge in [0.1, 0.15) is 12.6 Å². The van der Waals surface area contributed by atoms with E-state index in [9.17, 15) is 9.59 Å². The van der Waals surface area contributed by atoms with Crippen LogP contribution in [-0.2, 0) is 19.1 Å². The third kappa shape index (κ3) is 1.60. The molecule has 1 aliphatic heterocycles. The maximum Gasteiger partial charge on any atom is 0.168 e. The van der Waals surface area contributed by atoms with Gasteiger partial charge in [0.2, 0.25) is 0 Å². The second-order valence-corrected chi connectivity index (χ2v) is 3.96. The van der Waals surface area contributed by atoms with Gasteiger partial charge in [-0.1, -0.05) is 0 Å². The van der Waals surface area contributed by atoms with Crippen LogP contribution in [0.3, 0.4) is 0 Å². The molecule has 14 heavy (non-hydrogen) atoms. The van der Waals surface area contributed by atoms with Crippen molar-refractivity contribution in [1.29, 1.82) is 0 Å². The molecular weight excluding hydrogens is 184 g/mol. The van der Waals surface area contributed by atoms with Gasteiger partial charge >= 0.3 is 0 Å². The minimum absolute atomic E-state index is 0.100. The zero-order chi connectivity index (χ0) is 10.0. The molecule has 0 amide bonds. The largest absolute Gasteiger partial charge is 0.348 e. The normalized spacial score (nSPS) is 29.9. The molecule has 2 rings (SSSR count). The van der Waals surface area contributed by atoms with Crippen LogP contribution < -0.4 is 0 Å². The van der Waals surface area contributed by atoms with Gasteiger partial charge in [0.05, 0.1) is 19.1 Å². The Morgan fingerprint density at radius 1 is 1.21 bits per heavy atom. The zero-order valence-corrected chi connectivity index (χ0v) is 7.98. The highest BCUT2D eigenvalue weighted by molar-refractivity contribution is 5.77. The van der Waals surface area contributed by atoms with Crippen LogP contribution >= 0.6 is 0 Å². The Labute approximate surface area is 82.6 Å². The number of ether oxygens (including phenoxy) is 2. The van der Waals surface area contributed by atoms with Gasteiger partial charge in [-0.3, -0.25) is 0 Å². The Hall–Kier alpha value is -0.740. The summed E-state index contributed by atoms with van der Waals surface area (Å²) in [5, 5.41) is 0. The highest BCUT2D eigenvalue weighted by Crippen LogP contribution is 2.42. The van der Waals surface area contributed by atoms with Crippen molar-refractivity contribution in [1.82, 2.24) is 0 Å². The summed E-state index contributed by atoms with van der Waals surface area (Å²) < 4.78 is 11.0. The van der Waals surface area contributed by atoms with E-state index in [1.807, 2.05) is 0 Å². The molecule has 1 spiro atoms. The fourth-order valence-electron chi connectivity index (χ4n) is 2.35. The van der Waals surface area contributed by atoms with Gasteiger partial charge in [-0.25, -0.2) is 0 Å². The SMILES string of the molecule is O=CC(C=O)[C@H]1CCC2(C1)OCCO2. The Balaban J connectivity index is 1.99. The molecule has 0 bridgehead atoms. The average molecular weight is 198 g/mol. The van der Waals surface area contributed by atoms with Crippen molar-refractivity contribution >= 4 is 12.6 Å².